The zero-order valence-electron chi connectivity index (χ0n) is 14.4. The van der Waals surface area contributed by atoms with Crippen LogP contribution in [0.5, 0.6) is 0 Å². The fourth-order valence-electron chi connectivity index (χ4n) is 2.91. The van der Waals surface area contributed by atoms with Crippen molar-refractivity contribution in [3.63, 3.8) is 0 Å². The molecule has 132 valence electrons. The van der Waals surface area contributed by atoms with E-state index in [1.807, 2.05) is 31.4 Å². The Hall–Kier alpha value is -2.28. The zero-order chi connectivity index (χ0) is 17.8. The summed E-state index contributed by atoms with van der Waals surface area (Å²) in [6, 6.07) is 4.01. The highest BCUT2D eigenvalue weighted by molar-refractivity contribution is 7.13. The molecule has 3 rings (SSSR count). The van der Waals surface area contributed by atoms with E-state index < -0.39 is 0 Å². The van der Waals surface area contributed by atoms with Gasteiger partial charge >= 0.3 is 0 Å². The molecule has 3 heterocycles. The van der Waals surface area contributed by atoms with Crippen LogP contribution in [0.15, 0.2) is 29.9 Å². The van der Waals surface area contributed by atoms with Crippen LogP contribution in [0.2, 0.25) is 0 Å². The summed E-state index contributed by atoms with van der Waals surface area (Å²) in [7, 11) is 0. The largest absolute Gasteiger partial charge is 0.355 e. The first-order valence-corrected chi connectivity index (χ1v) is 9.34. The molecule has 1 fully saturated rings. The number of amides is 2. The average molecular weight is 358 g/mol. The average Bonchev–Trinajstić information content (AvgIpc) is 3.22. The Labute approximate surface area is 151 Å². The van der Waals surface area contributed by atoms with E-state index in [1.54, 1.807) is 28.6 Å². The normalized spacial score (nSPS) is 17.3. The molecule has 7 heteroatoms. The van der Waals surface area contributed by atoms with E-state index in [-0.39, 0.29) is 23.8 Å². The molecular weight excluding hydrogens is 336 g/mol. The maximum atomic E-state index is 12.3. The number of hydrogen-bond acceptors (Lipinski definition) is 5. The third-order valence-corrected chi connectivity index (χ3v) is 5.25. The minimum Gasteiger partial charge on any atom is -0.355 e. The van der Waals surface area contributed by atoms with Gasteiger partial charge < -0.3 is 10.2 Å². The fraction of sp³-hybridized carbons (Fsp3) is 0.444. The molecule has 1 aliphatic heterocycles. The molecule has 6 nitrogen and oxygen atoms in total. The summed E-state index contributed by atoms with van der Waals surface area (Å²) < 4.78 is 0. The highest BCUT2D eigenvalue weighted by atomic mass is 32.1. The first-order valence-electron chi connectivity index (χ1n) is 8.46. The Balaban J connectivity index is 1.48. The quantitative estimate of drug-likeness (QED) is 0.858. The van der Waals surface area contributed by atoms with Gasteiger partial charge in [-0.2, -0.15) is 0 Å². The molecule has 1 atom stereocenters. The lowest BCUT2D eigenvalue weighted by atomic mass is 10.1. The van der Waals surface area contributed by atoms with Crippen LogP contribution < -0.4 is 5.32 Å². The van der Waals surface area contributed by atoms with Gasteiger partial charge in [0.05, 0.1) is 11.6 Å². The number of carbonyl (C=O) groups excluding carboxylic acids is 2. The fourth-order valence-corrected chi connectivity index (χ4v) is 3.77. The maximum Gasteiger partial charge on any atom is 0.225 e. The number of nitrogens with zero attached hydrogens (tertiary/aromatic N) is 3. The van der Waals surface area contributed by atoms with Crippen molar-refractivity contribution in [1.82, 2.24) is 20.2 Å². The molecule has 2 aromatic rings. The standard InChI is InChI=1S/C18H22N4O2S/c1-12(2)22-10-14(9-16(22)23)17(24)20-8-5-15-11-25-18(21-15)13-3-6-19-7-4-13/h3-4,6-7,11-12,14H,5,8-10H2,1-2H3,(H,20,24)/t14-/m0/s1. The number of aromatic nitrogens is 2. The van der Waals surface area contributed by atoms with E-state index in [0.717, 1.165) is 16.3 Å². The molecule has 0 bridgehead atoms. The lowest BCUT2D eigenvalue weighted by molar-refractivity contribution is -0.129. The number of hydrogen-bond donors (Lipinski definition) is 1. The highest BCUT2D eigenvalue weighted by Crippen LogP contribution is 2.23. The molecule has 2 aromatic heterocycles. The molecule has 0 unspecified atom stereocenters. The van der Waals surface area contributed by atoms with Gasteiger partial charge in [-0.15, -0.1) is 11.3 Å². The van der Waals surface area contributed by atoms with Crippen LogP contribution in [-0.2, 0) is 16.0 Å². The van der Waals surface area contributed by atoms with Crippen molar-refractivity contribution in [3.05, 3.63) is 35.6 Å². The van der Waals surface area contributed by atoms with Crippen molar-refractivity contribution in [3.8, 4) is 10.6 Å². The minimum absolute atomic E-state index is 0.0407. The third-order valence-electron chi connectivity index (χ3n) is 4.31. The summed E-state index contributed by atoms with van der Waals surface area (Å²) in [6.07, 6.45) is 4.49. The van der Waals surface area contributed by atoms with Crippen molar-refractivity contribution < 1.29 is 9.59 Å². The van der Waals surface area contributed by atoms with Gasteiger partial charge in [-0.25, -0.2) is 4.98 Å². The lowest BCUT2D eigenvalue weighted by Crippen LogP contribution is -2.36. The van der Waals surface area contributed by atoms with Crippen molar-refractivity contribution in [2.24, 2.45) is 5.92 Å². The van der Waals surface area contributed by atoms with Gasteiger partial charge in [-0.1, -0.05) is 0 Å². The second-order valence-corrected chi connectivity index (χ2v) is 7.32. The number of thiazole rings is 1. The summed E-state index contributed by atoms with van der Waals surface area (Å²) in [5, 5.41) is 5.91. The van der Waals surface area contributed by atoms with Gasteiger partial charge in [-0.05, 0) is 26.0 Å². The van der Waals surface area contributed by atoms with E-state index >= 15 is 0 Å². The Morgan fingerprint density at radius 1 is 1.40 bits per heavy atom. The molecule has 0 aliphatic carbocycles. The Morgan fingerprint density at radius 2 is 2.16 bits per heavy atom. The highest BCUT2D eigenvalue weighted by Gasteiger charge is 2.35. The topological polar surface area (TPSA) is 75.2 Å². The van der Waals surface area contributed by atoms with E-state index in [1.165, 1.54) is 0 Å². The smallest absolute Gasteiger partial charge is 0.225 e. The van der Waals surface area contributed by atoms with Crippen LogP contribution in [0.3, 0.4) is 0 Å². The first-order chi connectivity index (χ1) is 12.0. The Morgan fingerprint density at radius 3 is 2.84 bits per heavy atom. The van der Waals surface area contributed by atoms with Crippen LogP contribution in [0.1, 0.15) is 26.0 Å². The Kier molecular flexibility index (Phi) is 5.43. The predicted molar refractivity (Wildman–Crippen MR) is 97.0 cm³/mol. The van der Waals surface area contributed by atoms with Gasteiger partial charge in [0, 0.05) is 55.3 Å². The molecule has 0 saturated carbocycles. The SMILES string of the molecule is CC(C)N1C[C@@H](C(=O)NCCc2csc(-c3ccncc3)n2)CC1=O. The molecular formula is C18H22N4O2S. The van der Waals surface area contributed by atoms with Gasteiger partial charge in [0.2, 0.25) is 11.8 Å². The van der Waals surface area contributed by atoms with Crippen molar-refractivity contribution >= 4 is 23.2 Å². The van der Waals surface area contributed by atoms with E-state index in [0.29, 0.717) is 25.9 Å². The predicted octanol–water partition coefficient (Wildman–Crippen LogP) is 2.12. The molecule has 1 N–H and O–H groups in total. The van der Waals surface area contributed by atoms with Crippen LogP contribution in [0.25, 0.3) is 10.6 Å². The van der Waals surface area contributed by atoms with E-state index in [4.69, 9.17) is 0 Å². The summed E-state index contributed by atoms with van der Waals surface area (Å²) in [5.74, 6) is -0.213. The number of pyridine rings is 1. The number of carbonyl (C=O) groups is 2. The lowest BCUT2D eigenvalue weighted by Gasteiger charge is -2.20. The van der Waals surface area contributed by atoms with Gasteiger partial charge in [-0.3, -0.25) is 14.6 Å². The van der Waals surface area contributed by atoms with Crippen molar-refractivity contribution in [2.45, 2.75) is 32.7 Å². The van der Waals surface area contributed by atoms with Crippen LogP contribution >= 0.6 is 11.3 Å². The molecule has 0 radical (unpaired) electrons. The number of likely N-dealkylation sites (tertiary alicyclic amines) is 1. The summed E-state index contributed by atoms with van der Waals surface area (Å²) >= 11 is 1.59. The second-order valence-electron chi connectivity index (χ2n) is 6.46. The molecule has 0 spiro atoms. The van der Waals surface area contributed by atoms with Gasteiger partial charge in [0.1, 0.15) is 5.01 Å². The number of nitrogens with one attached hydrogen (secondary N) is 1. The Bertz CT molecular complexity index is 745. The first kappa shape index (κ1) is 17.5. The van der Waals surface area contributed by atoms with E-state index in [9.17, 15) is 9.59 Å². The zero-order valence-corrected chi connectivity index (χ0v) is 15.3. The summed E-state index contributed by atoms with van der Waals surface area (Å²) in [4.78, 5) is 34.5. The van der Waals surface area contributed by atoms with Crippen LogP contribution in [0, 0.1) is 5.92 Å². The molecule has 1 saturated heterocycles. The van der Waals surface area contributed by atoms with Crippen molar-refractivity contribution in [1.29, 1.82) is 0 Å². The van der Waals surface area contributed by atoms with E-state index in [2.05, 4.69) is 15.3 Å². The van der Waals surface area contributed by atoms with Crippen molar-refractivity contribution in [2.75, 3.05) is 13.1 Å². The van der Waals surface area contributed by atoms with Gasteiger partial charge in [0.25, 0.3) is 0 Å². The maximum absolute atomic E-state index is 12.3. The molecule has 2 amide bonds. The third kappa shape index (κ3) is 4.22. The summed E-state index contributed by atoms with van der Waals surface area (Å²) in [5.41, 5.74) is 2.01. The molecule has 25 heavy (non-hydrogen) atoms. The van der Waals surface area contributed by atoms with Crippen LogP contribution in [-0.4, -0.2) is 45.8 Å². The van der Waals surface area contributed by atoms with Gasteiger partial charge in [0.15, 0.2) is 0 Å². The van der Waals surface area contributed by atoms with Crippen LogP contribution in [0.4, 0.5) is 0 Å². The summed E-state index contributed by atoms with van der Waals surface area (Å²) in [6.45, 7) is 5.00. The molecule has 0 aromatic carbocycles. The number of rotatable bonds is 6. The second kappa shape index (κ2) is 7.74. The minimum atomic E-state index is -0.238. The monoisotopic (exact) mass is 358 g/mol. The molecule has 1 aliphatic rings.